The molecule has 0 aromatic rings. The average Bonchev–Trinajstić information content (AvgIpc) is 2.55. The number of aldehydes is 1. The number of fused-ring (bicyclic) bond motifs is 1. The van der Waals surface area contributed by atoms with Crippen LogP contribution in [0.4, 0.5) is 0 Å². The Balaban J connectivity index is 2.13. The van der Waals surface area contributed by atoms with E-state index in [0.29, 0.717) is 11.8 Å². The Labute approximate surface area is 79.0 Å². The Kier molecular flexibility index (Phi) is 2.49. The zero-order chi connectivity index (χ0) is 9.26. The predicted octanol–water partition coefficient (Wildman–Crippen LogP) is 1.80. The molecule has 0 aliphatic heterocycles. The number of ether oxygens (including phenoxy) is 1. The minimum atomic E-state index is 0.139. The molecule has 0 aromatic carbocycles. The molecule has 1 fully saturated rings. The third-order valence-electron chi connectivity index (χ3n) is 3.54. The first-order chi connectivity index (χ1) is 6.36. The zero-order valence-corrected chi connectivity index (χ0v) is 7.98. The molecule has 72 valence electrons. The molecular weight excluding hydrogens is 164 g/mol. The molecule has 0 spiro atoms. The summed E-state index contributed by atoms with van der Waals surface area (Å²) < 4.78 is 5.35. The summed E-state index contributed by atoms with van der Waals surface area (Å²) >= 11 is 0. The SMILES string of the molecule is COC1CC2CC=CCC2C1C=O. The third kappa shape index (κ3) is 1.44. The lowest BCUT2D eigenvalue weighted by Crippen LogP contribution is -2.23. The Hall–Kier alpha value is -0.630. The molecule has 2 aliphatic rings. The number of carbonyl (C=O) groups is 1. The molecule has 0 radical (unpaired) electrons. The molecule has 1 saturated carbocycles. The minimum absolute atomic E-state index is 0.139. The fourth-order valence-electron chi connectivity index (χ4n) is 2.81. The highest BCUT2D eigenvalue weighted by atomic mass is 16.5. The van der Waals surface area contributed by atoms with E-state index in [-0.39, 0.29) is 12.0 Å². The number of carbonyl (C=O) groups excluding carboxylic acids is 1. The Morgan fingerprint density at radius 2 is 2.15 bits per heavy atom. The van der Waals surface area contributed by atoms with Crippen molar-refractivity contribution in [3.8, 4) is 0 Å². The molecule has 2 heteroatoms. The van der Waals surface area contributed by atoms with E-state index in [1.807, 2.05) is 0 Å². The number of methoxy groups -OCH3 is 1. The maximum absolute atomic E-state index is 10.9. The van der Waals surface area contributed by atoms with E-state index in [1.54, 1.807) is 7.11 Å². The van der Waals surface area contributed by atoms with Gasteiger partial charge < -0.3 is 9.53 Å². The van der Waals surface area contributed by atoms with Gasteiger partial charge in [0.2, 0.25) is 0 Å². The first-order valence-electron chi connectivity index (χ1n) is 5.00. The van der Waals surface area contributed by atoms with Gasteiger partial charge in [0.25, 0.3) is 0 Å². The second-order valence-electron chi connectivity index (χ2n) is 4.09. The lowest BCUT2D eigenvalue weighted by Gasteiger charge is -2.23. The molecule has 2 aliphatic carbocycles. The normalized spacial score (nSPS) is 43.2. The highest BCUT2D eigenvalue weighted by Gasteiger charge is 2.42. The van der Waals surface area contributed by atoms with Crippen molar-refractivity contribution < 1.29 is 9.53 Å². The molecule has 0 aromatic heterocycles. The number of rotatable bonds is 2. The summed E-state index contributed by atoms with van der Waals surface area (Å²) in [7, 11) is 1.71. The van der Waals surface area contributed by atoms with E-state index in [2.05, 4.69) is 12.2 Å². The molecule has 2 nitrogen and oxygen atoms in total. The van der Waals surface area contributed by atoms with Crippen molar-refractivity contribution in [1.82, 2.24) is 0 Å². The van der Waals surface area contributed by atoms with E-state index >= 15 is 0 Å². The molecule has 0 bridgehead atoms. The molecule has 0 heterocycles. The molecule has 13 heavy (non-hydrogen) atoms. The molecule has 4 atom stereocenters. The first kappa shape index (κ1) is 8.95. The quantitative estimate of drug-likeness (QED) is 0.478. The van der Waals surface area contributed by atoms with E-state index in [4.69, 9.17) is 4.74 Å². The second-order valence-corrected chi connectivity index (χ2v) is 4.09. The van der Waals surface area contributed by atoms with Crippen molar-refractivity contribution in [2.24, 2.45) is 17.8 Å². The van der Waals surface area contributed by atoms with Crippen LogP contribution in [-0.4, -0.2) is 19.5 Å². The van der Waals surface area contributed by atoms with Crippen LogP contribution in [0.15, 0.2) is 12.2 Å². The van der Waals surface area contributed by atoms with Crippen LogP contribution in [0.2, 0.25) is 0 Å². The van der Waals surface area contributed by atoms with Crippen LogP contribution in [0.3, 0.4) is 0 Å². The van der Waals surface area contributed by atoms with Crippen molar-refractivity contribution in [3.05, 3.63) is 12.2 Å². The standard InChI is InChI=1S/C11H16O2/c1-13-11-6-8-4-2-3-5-9(8)10(11)7-12/h2-3,7-11H,4-6H2,1H3. The molecule has 0 amide bonds. The topological polar surface area (TPSA) is 26.3 Å². The summed E-state index contributed by atoms with van der Waals surface area (Å²) in [5.41, 5.74) is 0. The van der Waals surface area contributed by atoms with Crippen molar-refractivity contribution >= 4 is 6.29 Å². The summed E-state index contributed by atoms with van der Waals surface area (Å²) in [6, 6.07) is 0. The van der Waals surface area contributed by atoms with Crippen LogP contribution in [0.1, 0.15) is 19.3 Å². The van der Waals surface area contributed by atoms with Crippen LogP contribution >= 0.6 is 0 Å². The van der Waals surface area contributed by atoms with Crippen LogP contribution < -0.4 is 0 Å². The van der Waals surface area contributed by atoms with Crippen molar-refractivity contribution in [2.45, 2.75) is 25.4 Å². The van der Waals surface area contributed by atoms with Crippen LogP contribution in [0.5, 0.6) is 0 Å². The predicted molar refractivity (Wildman–Crippen MR) is 50.3 cm³/mol. The monoisotopic (exact) mass is 180 g/mol. The molecule has 2 rings (SSSR count). The summed E-state index contributed by atoms with van der Waals surface area (Å²) in [6.45, 7) is 0. The summed E-state index contributed by atoms with van der Waals surface area (Å²) in [6.07, 6.45) is 8.97. The van der Waals surface area contributed by atoms with Gasteiger partial charge in [0.1, 0.15) is 6.29 Å². The second kappa shape index (κ2) is 3.62. The van der Waals surface area contributed by atoms with Gasteiger partial charge in [-0.05, 0) is 31.1 Å². The summed E-state index contributed by atoms with van der Waals surface area (Å²) in [4.78, 5) is 10.9. The maximum atomic E-state index is 10.9. The largest absolute Gasteiger partial charge is 0.381 e. The third-order valence-corrected chi connectivity index (χ3v) is 3.54. The molecular formula is C11H16O2. The highest BCUT2D eigenvalue weighted by molar-refractivity contribution is 5.56. The number of hydrogen-bond acceptors (Lipinski definition) is 2. The van der Waals surface area contributed by atoms with E-state index in [9.17, 15) is 4.79 Å². The van der Waals surface area contributed by atoms with Gasteiger partial charge in [-0.15, -0.1) is 0 Å². The smallest absolute Gasteiger partial charge is 0.125 e. The Morgan fingerprint density at radius 1 is 1.38 bits per heavy atom. The van der Waals surface area contributed by atoms with Gasteiger partial charge >= 0.3 is 0 Å². The van der Waals surface area contributed by atoms with Crippen LogP contribution in [0.25, 0.3) is 0 Å². The van der Waals surface area contributed by atoms with Gasteiger partial charge in [-0.3, -0.25) is 0 Å². The lowest BCUT2D eigenvalue weighted by molar-refractivity contribution is -0.115. The van der Waals surface area contributed by atoms with Gasteiger partial charge in [0, 0.05) is 13.0 Å². The average molecular weight is 180 g/mol. The van der Waals surface area contributed by atoms with Gasteiger partial charge in [-0.25, -0.2) is 0 Å². The van der Waals surface area contributed by atoms with E-state index < -0.39 is 0 Å². The van der Waals surface area contributed by atoms with Crippen molar-refractivity contribution in [3.63, 3.8) is 0 Å². The Bertz CT molecular complexity index is 222. The van der Waals surface area contributed by atoms with E-state index in [1.165, 1.54) is 0 Å². The van der Waals surface area contributed by atoms with Crippen LogP contribution in [-0.2, 0) is 9.53 Å². The van der Waals surface area contributed by atoms with Gasteiger partial charge in [-0.2, -0.15) is 0 Å². The number of allylic oxidation sites excluding steroid dienone is 2. The maximum Gasteiger partial charge on any atom is 0.125 e. The van der Waals surface area contributed by atoms with Crippen LogP contribution in [0, 0.1) is 17.8 Å². The molecule has 4 unspecified atom stereocenters. The summed E-state index contributed by atoms with van der Waals surface area (Å²) in [5, 5.41) is 0. The number of hydrogen-bond donors (Lipinski definition) is 0. The fraction of sp³-hybridized carbons (Fsp3) is 0.727. The summed E-state index contributed by atoms with van der Waals surface area (Å²) in [5.74, 6) is 1.37. The minimum Gasteiger partial charge on any atom is -0.381 e. The first-order valence-corrected chi connectivity index (χ1v) is 5.00. The highest BCUT2D eigenvalue weighted by Crippen LogP contribution is 2.43. The van der Waals surface area contributed by atoms with Gasteiger partial charge in [0.05, 0.1) is 6.10 Å². The van der Waals surface area contributed by atoms with Gasteiger partial charge in [0.15, 0.2) is 0 Å². The molecule has 0 N–H and O–H groups in total. The van der Waals surface area contributed by atoms with Crippen molar-refractivity contribution in [1.29, 1.82) is 0 Å². The van der Waals surface area contributed by atoms with Gasteiger partial charge in [-0.1, -0.05) is 12.2 Å². The van der Waals surface area contributed by atoms with E-state index in [0.717, 1.165) is 25.5 Å². The fourth-order valence-corrected chi connectivity index (χ4v) is 2.81. The molecule has 0 saturated heterocycles. The Morgan fingerprint density at radius 3 is 2.85 bits per heavy atom. The lowest BCUT2D eigenvalue weighted by atomic mass is 9.82. The zero-order valence-electron chi connectivity index (χ0n) is 7.98. The van der Waals surface area contributed by atoms with Crippen molar-refractivity contribution in [2.75, 3.05) is 7.11 Å².